The molecule has 4 aromatic carbocycles. The summed E-state index contributed by atoms with van der Waals surface area (Å²) < 4.78 is 0. The lowest BCUT2D eigenvalue weighted by molar-refractivity contribution is 0.0735. The molecule has 1 aliphatic rings. The lowest BCUT2D eigenvalue weighted by atomic mass is 9.94. The summed E-state index contributed by atoms with van der Waals surface area (Å²) in [5.74, 6) is -0.468. The minimum Gasteiger partial charge on any atom is -0.347 e. The molecule has 230 valence electrons. The van der Waals surface area contributed by atoms with Crippen molar-refractivity contribution in [1.82, 2.24) is 10.2 Å². The van der Waals surface area contributed by atoms with Crippen molar-refractivity contribution < 1.29 is 9.59 Å². The van der Waals surface area contributed by atoms with Crippen molar-refractivity contribution in [3.8, 4) is 17.2 Å². The molecule has 3 N–H and O–H groups in total. The number of carbonyl (C=O) groups is 2. The number of halogens is 1. The Morgan fingerprint density at radius 2 is 1.76 bits per heavy atom. The molecule has 7 heteroatoms. The van der Waals surface area contributed by atoms with Crippen LogP contribution >= 0.6 is 11.6 Å². The third kappa shape index (κ3) is 7.81. The van der Waals surface area contributed by atoms with Gasteiger partial charge in [-0.25, -0.2) is 0 Å². The lowest BCUT2D eigenvalue weighted by Crippen LogP contribution is -2.49. The molecule has 1 unspecified atom stereocenters. The van der Waals surface area contributed by atoms with Crippen LogP contribution in [0, 0.1) is 11.3 Å². The van der Waals surface area contributed by atoms with E-state index in [1.807, 2.05) is 71.6 Å². The molecule has 45 heavy (non-hydrogen) atoms. The van der Waals surface area contributed by atoms with Crippen molar-refractivity contribution in [2.24, 2.45) is 5.73 Å². The van der Waals surface area contributed by atoms with E-state index in [0.717, 1.165) is 43.2 Å². The van der Waals surface area contributed by atoms with E-state index in [2.05, 4.69) is 18.3 Å². The van der Waals surface area contributed by atoms with Gasteiger partial charge in [0.1, 0.15) is 0 Å². The van der Waals surface area contributed by atoms with Crippen molar-refractivity contribution in [2.75, 3.05) is 6.54 Å². The van der Waals surface area contributed by atoms with E-state index in [1.54, 1.807) is 30.3 Å². The Hall–Kier alpha value is -4.44. The molecule has 6 nitrogen and oxygen atoms in total. The van der Waals surface area contributed by atoms with Gasteiger partial charge in [0.25, 0.3) is 11.8 Å². The van der Waals surface area contributed by atoms with E-state index in [1.165, 1.54) is 0 Å². The van der Waals surface area contributed by atoms with Gasteiger partial charge in [0.15, 0.2) is 0 Å². The molecule has 1 fully saturated rings. The highest BCUT2D eigenvalue weighted by Crippen LogP contribution is 2.35. The predicted molar refractivity (Wildman–Crippen MR) is 180 cm³/mol. The quantitative estimate of drug-likeness (QED) is 0.180. The van der Waals surface area contributed by atoms with Gasteiger partial charge < -0.3 is 16.0 Å². The maximum Gasteiger partial charge on any atom is 0.254 e. The van der Waals surface area contributed by atoms with Gasteiger partial charge in [0.2, 0.25) is 0 Å². The molecule has 3 atom stereocenters. The molecule has 0 aromatic heterocycles. The molecule has 0 bridgehead atoms. The van der Waals surface area contributed by atoms with Crippen molar-refractivity contribution in [3.63, 3.8) is 0 Å². The molecule has 1 aliphatic heterocycles. The van der Waals surface area contributed by atoms with Crippen molar-refractivity contribution >= 4 is 23.4 Å². The highest BCUT2D eigenvalue weighted by Gasteiger charge is 2.32. The number of nitrogens with zero attached hydrogens (tertiary/aromatic N) is 2. The van der Waals surface area contributed by atoms with Gasteiger partial charge in [-0.2, -0.15) is 5.26 Å². The van der Waals surface area contributed by atoms with Gasteiger partial charge in [0.05, 0.1) is 17.7 Å². The highest BCUT2D eigenvalue weighted by molar-refractivity contribution is 6.30. The fourth-order valence-corrected chi connectivity index (χ4v) is 6.37. The Morgan fingerprint density at radius 1 is 1.00 bits per heavy atom. The molecule has 1 heterocycles. The van der Waals surface area contributed by atoms with Crippen LogP contribution in [0.1, 0.15) is 82.5 Å². The van der Waals surface area contributed by atoms with Crippen LogP contribution in [0.5, 0.6) is 0 Å². The third-order valence-electron chi connectivity index (χ3n) is 8.57. The van der Waals surface area contributed by atoms with Gasteiger partial charge in [0, 0.05) is 34.8 Å². The van der Waals surface area contributed by atoms with E-state index in [4.69, 9.17) is 17.3 Å². The fraction of sp³-hybridized carbons (Fsp3) is 0.289. The maximum absolute atomic E-state index is 14.2. The zero-order chi connectivity index (χ0) is 31.8. The van der Waals surface area contributed by atoms with Gasteiger partial charge >= 0.3 is 0 Å². The number of hydrogen-bond acceptors (Lipinski definition) is 4. The second-order valence-corrected chi connectivity index (χ2v) is 12.2. The number of hydrogen-bond donors (Lipinski definition) is 2. The summed E-state index contributed by atoms with van der Waals surface area (Å²) in [5.41, 5.74) is 11.2. The SMILES string of the molecule is CCCC[C@H](N)[C@H](Cc1ccccc1)NC(=O)c1cc(C(=O)N2CCCC2c2cccc(Cl)c2)cc(-c2ccccc2C#N)c1. The monoisotopic (exact) mass is 618 g/mol. The molecule has 1 saturated heterocycles. The van der Waals surface area contributed by atoms with Gasteiger partial charge in [-0.1, -0.05) is 92.0 Å². The number of likely N-dealkylation sites (tertiary alicyclic amines) is 1. The van der Waals surface area contributed by atoms with Gasteiger partial charge in [-0.15, -0.1) is 0 Å². The first-order valence-corrected chi connectivity index (χ1v) is 16.1. The summed E-state index contributed by atoms with van der Waals surface area (Å²) in [6, 6.07) is 31.7. The lowest BCUT2D eigenvalue weighted by Gasteiger charge is -2.27. The number of amides is 2. The van der Waals surface area contributed by atoms with Crippen molar-refractivity contribution in [3.05, 3.63) is 130 Å². The minimum atomic E-state index is -0.305. The first kappa shape index (κ1) is 32.0. The normalized spacial score (nSPS) is 15.7. The zero-order valence-corrected chi connectivity index (χ0v) is 26.3. The molecular formula is C38H39ClN4O2. The molecule has 0 radical (unpaired) electrons. The summed E-state index contributed by atoms with van der Waals surface area (Å²) in [4.78, 5) is 30.1. The second-order valence-electron chi connectivity index (χ2n) is 11.7. The number of benzene rings is 4. The van der Waals surface area contributed by atoms with Crippen LogP contribution in [-0.2, 0) is 6.42 Å². The summed E-state index contributed by atoms with van der Waals surface area (Å²) in [6.45, 7) is 2.72. The van der Waals surface area contributed by atoms with Gasteiger partial charge in [-0.05, 0) is 84.3 Å². The minimum absolute atomic E-state index is 0.115. The average molecular weight is 619 g/mol. The van der Waals surface area contributed by atoms with Crippen molar-refractivity contribution in [2.45, 2.75) is 63.6 Å². The number of rotatable bonds is 11. The van der Waals surface area contributed by atoms with E-state index in [0.29, 0.717) is 45.8 Å². The number of carbonyl (C=O) groups excluding carboxylic acids is 2. The molecule has 0 saturated carbocycles. The van der Waals surface area contributed by atoms with Crippen LogP contribution in [0.3, 0.4) is 0 Å². The zero-order valence-electron chi connectivity index (χ0n) is 25.6. The van der Waals surface area contributed by atoms with E-state index < -0.39 is 0 Å². The molecule has 0 spiro atoms. The Balaban J connectivity index is 1.51. The van der Waals surface area contributed by atoms with Crippen LogP contribution in [0.15, 0.2) is 97.1 Å². The summed E-state index contributed by atoms with van der Waals surface area (Å²) >= 11 is 6.30. The van der Waals surface area contributed by atoms with Crippen LogP contribution in [0.2, 0.25) is 5.02 Å². The Kier molecular flexibility index (Phi) is 10.7. The summed E-state index contributed by atoms with van der Waals surface area (Å²) in [6.07, 6.45) is 5.04. The van der Waals surface area contributed by atoms with Crippen LogP contribution in [0.25, 0.3) is 11.1 Å². The number of nitrogens with two attached hydrogens (primary N) is 1. The number of nitrogens with one attached hydrogen (secondary N) is 1. The highest BCUT2D eigenvalue weighted by atomic mass is 35.5. The molecule has 2 amide bonds. The number of nitriles is 1. The van der Waals surface area contributed by atoms with Crippen molar-refractivity contribution in [1.29, 1.82) is 5.26 Å². The second kappa shape index (κ2) is 15.0. The van der Waals surface area contributed by atoms with Crippen LogP contribution in [0.4, 0.5) is 0 Å². The van der Waals surface area contributed by atoms with E-state index in [-0.39, 0.29) is 29.9 Å². The smallest absolute Gasteiger partial charge is 0.254 e. The van der Waals surface area contributed by atoms with E-state index >= 15 is 0 Å². The number of unbranched alkanes of at least 4 members (excludes halogenated alkanes) is 1. The predicted octanol–water partition coefficient (Wildman–Crippen LogP) is 7.71. The fourth-order valence-electron chi connectivity index (χ4n) is 6.18. The molecule has 4 aromatic rings. The topological polar surface area (TPSA) is 99.2 Å². The molecule has 5 rings (SSSR count). The van der Waals surface area contributed by atoms with Crippen LogP contribution in [-0.4, -0.2) is 35.3 Å². The first-order valence-electron chi connectivity index (χ1n) is 15.7. The molecule has 0 aliphatic carbocycles. The average Bonchev–Trinajstić information content (AvgIpc) is 3.57. The molecular weight excluding hydrogens is 580 g/mol. The third-order valence-corrected chi connectivity index (χ3v) is 8.81. The summed E-state index contributed by atoms with van der Waals surface area (Å²) in [5, 5.41) is 13.7. The maximum atomic E-state index is 14.2. The Bertz CT molecular complexity index is 1680. The Morgan fingerprint density at radius 3 is 2.51 bits per heavy atom. The standard InChI is InChI=1S/C38H39ClN4O2/c1-2-3-17-34(41)35(20-26-11-5-4-6-12-26)42-37(44)30-21-29(33-16-8-7-13-28(33)25-40)22-31(23-30)38(45)43-19-10-18-36(43)27-14-9-15-32(39)24-27/h4-9,11-16,21-24,34-36H,2-3,10,17-20,41H2,1H3,(H,42,44)/t34-,35-,36?/m0/s1. The first-order chi connectivity index (χ1) is 21.9. The van der Waals surface area contributed by atoms with Gasteiger partial charge in [-0.3, -0.25) is 9.59 Å². The van der Waals surface area contributed by atoms with Crippen LogP contribution < -0.4 is 11.1 Å². The Labute approximate surface area is 270 Å². The van der Waals surface area contributed by atoms with E-state index in [9.17, 15) is 14.9 Å². The largest absolute Gasteiger partial charge is 0.347 e. The summed E-state index contributed by atoms with van der Waals surface area (Å²) in [7, 11) is 0.